The number of hydrogen-bond acceptors (Lipinski definition) is 1. The van der Waals surface area contributed by atoms with Gasteiger partial charge in [-0.3, -0.25) is 0 Å². The van der Waals surface area contributed by atoms with Crippen LogP contribution in [0.4, 0.5) is 4.39 Å². The fourth-order valence-corrected chi connectivity index (χ4v) is 1.01. The van der Waals surface area contributed by atoms with Gasteiger partial charge in [-0.1, -0.05) is 11.6 Å². The topological polar surface area (TPSA) is 9.23 Å². The summed E-state index contributed by atoms with van der Waals surface area (Å²) in [6.07, 6.45) is 1.33. The first-order valence-corrected chi connectivity index (χ1v) is 3.35. The van der Waals surface area contributed by atoms with Gasteiger partial charge in [-0.25, -0.2) is 4.39 Å². The van der Waals surface area contributed by atoms with Crippen molar-refractivity contribution in [2.45, 2.75) is 18.9 Å². The highest BCUT2D eigenvalue weighted by Gasteiger charge is 2.19. The molecule has 52 valence electrons. The van der Waals surface area contributed by atoms with Crippen LogP contribution in [-0.2, 0) is 4.74 Å². The van der Waals surface area contributed by atoms with Crippen molar-refractivity contribution in [3.05, 3.63) is 11.4 Å². The van der Waals surface area contributed by atoms with Gasteiger partial charge in [0.15, 0.2) is 0 Å². The van der Waals surface area contributed by atoms with Crippen LogP contribution in [0.15, 0.2) is 11.4 Å². The molecule has 0 aromatic heterocycles. The minimum atomic E-state index is -0.359. The molecule has 1 unspecified atom stereocenters. The molecule has 0 aromatic carbocycles. The molecule has 0 spiro atoms. The Kier molecular flexibility index (Phi) is 2.49. The van der Waals surface area contributed by atoms with E-state index >= 15 is 0 Å². The zero-order chi connectivity index (χ0) is 6.69. The average molecular weight is 151 g/mol. The molecule has 1 nitrogen and oxygen atoms in total. The van der Waals surface area contributed by atoms with Gasteiger partial charge in [0, 0.05) is 12.1 Å². The molecular weight excluding hydrogens is 143 g/mol. The van der Waals surface area contributed by atoms with E-state index in [4.69, 9.17) is 16.3 Å². The first-order chi connectivity index (χ1) is 4.34. The first kappa shape index (κ1) is 7.03. The van der Waals surface area contributed by atoms with Crippen LogP contribution in [-0.4, -0.2) is 12.7 Å². The van der Waals surface area contributed by atoms with Crippen LogP contribution in [0.1, 0.15) is 12.8 Å². The van der Waals surface area contributed by atoms with E-state index in [-0.39, 0.29) is 11.9 Å². The van der Waals surface area contributed by atoms with Gasteiger partial charge in [0.05, 0.1) is 0 Å². The van der Waals surface area contributed by atoms with Crippen LogP contribution in [0.5, 0.6) is 0 Å². The highest BCUT2D eigenvalue weighted by atomic mass is 35.5. The second-order valence-corrected chi connectivity index (χ2v) is 2.21. The van der Waals surface area contributed by atoms with Gasteiger partial charge in [-0.15, -0.1) is 0 Å². The van der Waals surface area contributed by atoms with E-state index < -0.39 is 0 Å². The SMILES string of the molecule is F/C(=C/Cl)C1CCCO1. The minimum Gasteiger partial charge on any atom is -0.371 e. The standard InChI is InChI=1S/C6H8ClFO/c7-4-5(8)6-2-1-3-9-6/h4,6H,1-3H2/b5-4+. The summed E-state index contributed by atoms with van der Waals surface area (Å²) in [7, 11) is 0. The first-order valence-electron chi connectivity index (χ1n) is 2.92. The molecule has 0 aliphatic carbocycles. The fourth-order valence-electron chi connectivity index (χ4n) is 0.865. The lowest BCUT2D eigenvalue weighted by molar-refractivity contribution is 0.120. The third-order valence-corrected chi connectivity index (χ3v) is 1.55. The van der Waals surface area contributed by atoms with E-state index in [9.17, 15) is 4.39 Å². The molecular formula is C6H8ClFO. The van der Waals surface area contributed by atoms with Gasteiger partial charge in [-0.05, 0) is 12.8 Å². The van der Waals surface area contributed by atoms with Gasteiger partial charge in [-0.2, -0.15) is 0 Å². The van der Waals surface area contributed by atoms with Gasteiger partial charge in [0.1, 0.15) is 11.9 Å². The lowest BCUT2D eigenvalue weighted by Crippen LogP contribution is -2.03. The quantitative estimate of drug-likeness (QED) is 0.557. The van der Waals surface area contributed by atoms with E-state index in [2.05, 4.69) is 0 Å². The molecule has 0 saturated carbocycles. The molecule has 0 amide bonds. The van der Waals surface area contributed by atoms with Crippen molar-refractivity contribution in [2.75, 3.05) is 6.61 Å². The zero-order valence-electron chi connectivity index (χ0n) is 4.94. The Balaban J connectivity index is 2.42. The summed E-state index contributed by atoms with van der Waals surface area (Å²) in [5, 5.41) is 0. The molecule has 1 atom stereocenters. The summed E-state index contributed by atoms with van der Waals surface area (Å²) in [6, 6.07) is 0. The number of hydrogen-bond donors (Lipinski definition) is 0. The largest absolute Gasteiger partial charge is 0.371 e. The van der Waals surface area contributed by atoms with Crippen LogP contribution >= 0.6 is 11.6 Å². The van der Waals surface area contributed by atoms with Crippen molar-refractivity contribution >= 4 is 11.6 Å². The van der Waals surface area contributed by atoms with Crippen molar-refractivity contribution in [3.8, 4) is 0 Å². The van der Waals surface area contributed by atoms with Gasteiger partial charge in [0.2, 0.25) is 0 Å². The van der Waals surface area contributed by atoms with Gasteiger partial charge in [0.25, 0.3) is 0 Å². The fraction of sp³-hybridized carbons (Fsp3) is 0.667. The smallest absolute Gasteiger partial charge is 0.140 e. The lowest BCUT2D eigenvalue weighted by Gasteiger charge is -2.02. The maximum atomic E-state index is 12.4. The summed E-state index contributed by atoms with van der Waals surface area (Å²) in [5.74, 6) is -0.353. The number of ether oxygens (including phenoxy) is 1. The summed E-state index contributed by atoms with van der Waals surface area (Å²) >= 11 is 5.11. The normalized spacial score (nSPS) is 29.1. The Hall–Kier alpha value is -0.0800. The molecule has 1 saturated heterocycles. The monoisotopic (exact) mass is 150 g/mol. The summed E-state index contributed by atoms with van der Waals surface area (Å²) in [4.78, 5) is 0. The van der Waals surface area contributed by atoms with Crippen molar-refractivity contribution < 1.29 is 9.13 Å². The maximum absolute atomic E-state index is 12.4. The van der Waals surface area contributed by atoms with Gasteiger partial charge >= 0.3 is 0 Å². The molecule has 1 heterocycles. The van der Waals surface area contributed by atoms with Gasteiger partial charge < -0.3 is 4.74 Å². The Morgan fingerprint density at radius 3 is 3.00 bits per heavy atom. The van der Waals surface area contributed by atoms with Crippen LogP contribution in [0, 0.1) is 0 Å². The van der Waals surface area contributed by atoms with E-state index in [0.29, 0.717) is 6.61 Å². The molecule has 9 heavy (non-hydrogen) atoms. The van der Waals surface area contributed by atoms with Crippen LogP contribution < -0.4 is 0 Å². The van der Waals surface area contributed by atoms with Crippen molar-refractivity contribution in [1.29, 1.82) is 0 Å². The Labute approximate surface area is 58.5 Å². The molecule has 1 aliphatic rings. The van der Waals surface area contributed by atoms with Crippen molar-refractivity contribution in [1.82, 2.24) is 0 Å². The van der Waals surface area contributed by atoms with E-state index in [0.717, 1.165) is 18.4 Å². The lowest BCUT2D eigenvalue weighted by atomic mass is 10.2. The maximum Gasteiger partial charge on any atom is 0.140 e. The molecule has 0 N–H and O–H groups in total. The second kappa shape index (κ2) is 3.18. The minimum absolute atomic E-state index is 0.353. The van der Waals surface area contributed by atoms with Crippen LogP contribution in [0.3, 0.4) is 0 Å². The van der Waals surface area contributed by atoms with Crippen LogP contribution in [0.25, 0.3) is 0 Å². The molecule has 0 bridgehead atoms. The number of halogens is 2. The van der Waals surface area contributed by atoms with E-state index in [1.165, 1.54) is 0 Å². The molecule has 3 heteroatoms. The third kappa shape index (κ3) is 1.66. The molecule has 1 fully saturated rings. The van der Waals surface area contributed by atoms with E-state index in [1.54, 1.807) is 0 Å². The predicted octanol–water partition coefficient (Wildman–Crippen LogP) is 2.22. The van der Waals surface area contributed by atoms with E-state index in [1.807, 2.05) is 0 Å². The Morgan fingerprint density at radius 1 is 1.78 bits per heavy atom. The highest BCUT2D eigenvalue weighted by Crippen LogP contribution is 2.20. The number of rotatable bonds is 1. The Bertz CT molecular complexity index is 118. The summed E-state index contributed by atoms with van der Waals surface area (Å²) < 4.78 is 17.4. The predicted molar refractivity (Wildman–Crippen MR) is 34.0 cm³/mol. The summed E-state index contributed by atoms with van der Waals surface area (Å²) in [6.45, 7) is 0.656. The molecule has 1 aliphatic heterocycles. The average Bonchev–Trinajstić information content (AvgIpc) is 2.37. The summed E-state index contributed by atoms with van der Waals surface area (Å²) in [5.41, 5.74) is 0.940. The van der Waals surface area contributed by atoms with Crippen LogP contribution in [0.2, 0.25) is 0 Å². The van der Waals surface area contributed by atoms with Crippen molar-refractivity contribution in [3.63, 3.8) is 0 Å². The highest BCUT2D eigenvalue weighted by molar-refractivity contribution is 6.25. The third-order valence-electron chi connectivity index (χ3n) is 1.34. The molecule has 0 aromatic rings. The second-order valence-electron chi connectivity index (χ2n) is 2.00. The molecule has 1 rings (SSSR count). The molecule has 0 radical (unpaired) electrons. The Morgan fingerprint density at radius 2 is 2.56 bits per heavy atom. The zero-order valence-corrected chi connectivity index (χ0v) is 5.70. The van der Waals surface area contributed by atoms with Crippen molar-refractivity contribution in [2.24, 2.45) is 0 Å².